The van der Waals surface area contributed by atoms with E-state index >= 15 is 0 Å². The van der Waals surface area contributed by atoms with E-state index in [4.69, 9.17) is 33.2 Å². The second-order valence-corrected chi connectivity index (χ2v) is 5.56. The van der Waals surface area contributed by atoms with Gasteiger partial charge in [-0.05, 0) is 35.4 Å². The average Bonchev–Trinajstić information content (AvgIpc) is 2.71. The fraction of sp³-hybridized carbons (Fsp3) is 0.400. The molecule has 7 heteroatoms. The molecule has 0 unspecified atom stereocenters. The Kier molecular flexibility index (Phi) is 7.43. The first-order valence-electron chi connectivity index (χ1n) is 8.27. The van der Waals surface area contributed by atoms with E-state index in [1.807, 2.05) is 24.3 Å². The van der Waals surface area contributed by atoms with Crippen LogP contribution in [-0.2, 0) is 18.0 Å². The lowest BCUT2D eigenvalue weighted by Crippen LogP contribution is -2.00. The number of ether oxygens (including phenoxy) is 7. The summed E-state index contributed by atoms with van der Waals surface area (Å²) in [4.78, 5) is 0. The zero-order valence-corrected chi connectivity index (χ0v) is 16.6. The van der Waals surface area contributed by atoms with Gasteiger partial charge in [-0.3, -0.25) is 0 Å². The molecule has 0 spiro atoms. The maximum absolute atomic E-state index is 5.85. The molecule has 0 radical (unpaired) electrons. The van der Waals surface area contributed by atoms with Gasteiger partial charge in [0.1, 0.15) is 0 Å². The van der Waals surface area contributed by atoms with Crippen molar-refractivity contribution in [2.75, 3.05) is 42.7 Å². The third-order valence-electron chi connectivity index (χ3n) is 3.99. The van der Waals surface area contributed by atoms with E-state index < -0.39 is 0 Å². The van der Waals surface area contributed by atoms with Crippen LogP contribution in [0.3, 0.4) is 0 Å². The Morgan fingerprint density at radius 2 is 0.778 bits per heavy atom. The molecular weight excluding hydrogens is 352 g/mol. The molecule has 0 fully saturated rings. The van der Waals surface area contributed by atoms with Crippen LogP contribution < -0.4 is 28.4 Å². The fourth-order valence-electron chi connectivity index (χ4n) is 2.72. The molecule has 2 aromatic carbocycles. The van der Waals surface area contributed by atoms with Crippen molar-refractivity contribution >= 4 is 0 Å². The van der Waals surface area contributed by atoms with Crippen LogP contribution in [0.1, 0.15) is 11.1 Å². The van der Waals surface area contributed by atoms with Gasteiger partial charge in [-0.1, -0.05) is 0 Å². The van der Waals surface area contributed by atoms with E-state index in [1.54, 1.807) is 42.7 Å². The first-order valence-corrected chi connectivity index (χ1v) is 8.27. The van der Waals surface area contributed by atoms with Crippen molar-refractivity contribution in [1.82, 2.24) is 0 Å². The van der Waals surface area contributed by atoms with Crippen LogP contribution in [0, 0.1) is 0 Å². The average molecular weight is 378 g/mol. The van der Waals surface area contributed by atoms with Crippen LogP contribution in [-0.4, -0.2) is 42.7 Å². The highest BCUT2D eigenvalue weighted by atomic mass is 16.5. The number of hydrogen-bond acceptors (Lipinski definition) is 7. The molecule has 0 aliphatic heterocycles. The molecule has 0 saturated carbocycles. The van der Waals surface area contributed by atoms with Crippen LogP contribution in [0.2, 0.25) is 0 Å². The highest BCUT2D eigenvalue weighted by molar-refractivity contribution is 5.54. The molecule has 2 rings (SSSR count). The molecule has 7 nitrogen and oxygen atoms in total. The molecule has 0 aliphatic rings. The van der Waals surface area contributed by atoms with Crippen LogP contribution in [0.4, 0.5) is 0 Å². The van der Waals surface area contributed by atoms with Crippen molar-refractivity contribution in [3.8, 4) is 34.5 Å². The van der Waals surface area contributed by atoms with E-state index in [0.29, 0.717) is 47.7 Å². The smallest absolute Gasteiger partial charge is 0.203 e. The van der Waals surface area contributed by atoms with Crippen molar-refractivity contribution in [3.63, 3.8) is 0 Å². The Morgan fingerprint density at radius 3 is 1.00 bits per heavy atom. The lowest BCUT2D eigenvalue weighted by molar-refractivity contribution is 0.106. The molecule has 0 amide bonds. The van der Waals surface area contributed by atoms with Gasteiger partial charge in [0.05, 0.1) is 55.9 Å². The van der Waals surface area contributed by atoms with E-state index in [0.717, 1.165) is 11.1 Å². The van der Waals surface area contributed by atoms with Gasteiger partial charge in [-0.25, -0.2) is 0 Å². The highest BCUT2D eigenvalue weighted by Crippen LogP contribution is 2.39. The topological polar surface area (TPSA) is 64.6 Å². The first-order chi connectivity index (χ1) is 13.1. The third kappa shape index (κ3) is 4.68. The van der Waals surface area contributed by atoms with Gasteiger partial charge in [-0.2, -0.15) is 0 Å². The third-order valence-corrected chi connectivity index (χ3v) is 3.99. The van der Waals surface area contributed by atoms with Gasteiger partial charge >= 0.3 is 0 Å². The molecule has 2 aromatic rings. The van der Waals surface area contributed by atoms with Crippen LogP contribution >= 0.6 is 0 Å². The molecule has 0 bridgehead atoms. The monoisotopic (exact) mass is 378 g/mol. The minimum atomic E-state index is 0.368. The van der Waals surface area contributed by atoms with Gasteiger partial charge in [0.2, 0.25) is 11.5 Å². The second kappa shape index (κ2) is 9.78. The second-order valence-electron chi connectivity index (χ2n) is 5.56. The van der Waals surface area contributed by atoms with Gasteiger partial charge in [0.15, 0.2) is 23.0 Å². The summed E-state index contributed by atoms with van der Waals surface area (Å²) in [6.07, 6.45) is 0. The molecule has 0 aliphatic carbocycles. The Morgan fingerprint density at radius 1 is 0.481 bits per heavy atom. The minimum absolute atomic E-state index is 0.368. The molecule has 0 N–H and O–H groups in total. The Hall–Kier alpha value is -2.80. The Bertz CT molecular complexity index is 644. The van der Waals surface area contributed by atoms with Crippen LogP contribution in [0.5, 0.6) is 34.5 Å². The molecule has 0 heterocycles. The zero-order valence-electron chi connectivity index (χ0n) is 16.6. The van der Waals surface area contributed by atoms with Crippen molar-refractivity contribution < 1.29 is 33.2 Å². The molecule has 27 heavy (non-hydrogen) atoms. The van der Waals surface area contributed by atoms with Crippen molar-refractivity contribution in [2.45, 2.75) is 13.2 Å². The standard InChI is InChI=1S/C20H26O7/c1-21-15-7-13(8-16(22-2)19(15)25-5)11-27-12-14-9-17(23-3)20(26-6)18(10-14)24-4/h7-10H,11-12H2,1-6H3. The molecule has 148 valence electrons. The van der Waals surface area contributed by atoms with Crippen molar-refractivity contribution in [1.29, 1.82) is 0 Å². The summed E-state index contributed by atoms with van der Waals surface area (Å²) in [5.74, 6) is 3.44. The van der Waals surface area contributed by atoms with Crippen LogP contribution in [0.25, 0.3) is 0 Å². The predicted octanol–water partition coefficient (Wildman–Crippen LogP) is 3.46. The van der Waals surface area contributed by atoms with E-state index in [9.17, 15) is 0 Å². The maximum Gasteiger partial charge on any atom is 0.203 e. The van der Waals surface area contributed by atoms with Crippen molar-refractivity contribution in [3.05, 3.63) is 35.4 Å². The lowest BCUT2D eigenvalue weighted by Gasteiger charge is -2.15. The van der Waals surface area contributed by atoms with E-state index in [2.05, 4.69) is 0 Å². The lowest BCUT2D eigenvalue weighted by atomic mass is 10.1. The predicted molar refractivity (Wildman–Crippen MR) is 101 cm³/mol. The maximum atomic E-state index is 5.85. The molecule has 0 aromatic heterocycles. The van der Waals surface area contributed by atoms with E-state index in [-0.39, 0.29) is 0 Å². The summed E-state index contributed by atoms with van der Waals surface area (Å²) in [6, 6.07) is 7.43. The molecule has 0 saturated heterocycles. The highest BCUT2D eigenvalue weighted by Gasteiger charge is 2.15. The number of rotatable bonds is 10. The summed E-state index contributed by atoms with van der Waals surface area (Å²) in [5, 5.41) is 0. The molecule has 0 atom stereocenters. The molecular formula is C20H26O7. The number of benzene rings is 2. The van der Waals surface area contributed by atoms with Gasteiger partial charge in [-0.15, -0.1) is 0 Å². The summed E-state index contributed by atoms with van der Waals surface area (Å²) >= 11 is 0. The summed E-state index contributed by atoms with van der Waals surface area (Å²) < 4.78 is 38.0. The normalized spacial score (nSPS) is 10.3. The quantitative estimate of drug-likeness (QED) is 0.627. The number of methoxy groups -OCH3 is 6. The largest absolute Gasteiger partial charge is 0.493 e. The summed E-state index contributed by atoms with van der Waals surface area (Å²) in [5.41, 5.74) is 1.80. The van der Waals surface area contributed by atoms with Gasteiger partial charge in [0, 0.05) is 0 Å². The minimum Gasteiger partial charge on any atom is -0.493 e. The fourth-order valence-corrected chi connectivity index (χ4v) is 2.72. The van der Waals surface area contributed by atoms with E-state index in [1.165, 1.54) is 0 Å². The SMILES string of the molecule is COc1cc(COCc2cc(OC)c(OC)c(OC)c2)cc(OC)c1OC. The summed E-state index contributed by atoms with van der Waals surface area (Å²) in [7, 11) is 9.47. The first kappa shape index (κ1) is 20.5. The van der Waals surface area contributed by atoms with Gasteiger partial charge < -0.3 is 33.2 Å². The Labute approximate surface area is 159 Å². The number of hydrogen-bond donors (Lipinski definition) is 0. The van der Waals surface area contributed by atoms with Crippen molar-refractivity contribution in [2.24, 2.45) is 0 Å². The zero-order chi connectivity index (χ0) is 19.8. The Balaban J connectivity index is 2.14. The van der Waals surface area contributed by atoms with Gasteiger partial charge in [0.25, 0.3) is 0 Å². The summed E-state index contributed by atoms with van der Waals surface area (Å²) in [6.45, 7) is 0.737. The van der Waals surface area contributed by atoms with Crippen LogP contribution in [0.15, 0.2) is 24.3 Å².